The summed E-state index contributed by atoms with van der Waals surface area (Å²) in [5.74, 6) is 0.449. The summed E-state index contributed by atoms with van der Waals surface area (Å²) >= 11 is 0. The fourth-order valence-corrected chi connectivity index (χ4v) is 3.68. The van der Waals surface area contributed by atoms with Gasteiger partial charge in [0.2, 0.25) is 0 Å². The highest BCUT2D eigenvalue weighted by molar-refractivity contribution is 7.91. The zero-order valence-corrected chi connectivity index (χ0v) is 13.9. The monoisotopic (exact) mass is 325 g/mol. The van der Waals surface area contributed by atoms with Gasteiger partial charge in [0.05, 0.1) is 11.3 Å². The summed E-state index contributed by atoms with van der Waals surface area (Å²) in [7, 11) is -3.11. The van der Waals surface area contributed by atoms with Crippen LogP contribution in [-0.2, 0) is 9.84 Å². The second kappa shape index (κ2) is 7.09. The second-order valence-corrected chi connectivity index (χ2v) is 8.04. The highest BCUT2D eigenvalue weighted by Gasteiger charge is 2.22. The number of pyridine rings is 1. The SMILES string of the molecule is CCS(=O)(=O)CC(C)NC(=O)c1cccnc1N1CCCC1. The molecule has 1 aliphatic heterocycles. The first-order valence-electron chi connectivity index (χ1n) is 7.64. The maximum absolute atomic E-state index is 12.4. The Morgan fingerprint density at radius 1 is 1.41 bits per heavy atom. The highest BCUT2D eigenvalue weighted by Crippen LogP contribution is 2.21. The molecule has 0 aromatic carbocycles. The average Bonchev–Trinajstić information content (AvgIpc) is 3.00. The van der Waals surface area contributed by atoms with Gasteiger partial charge in [-0.25, -0.2) is 13.4 Å². The third-order valence-corrected chi connectivity index (χ3v) is 5.65. The molecule has 1 unspecified atom stereocenters. The number of nitrogens with zero attached hydrogens (tertiary/aromatic N) is 2. The molecule has 22 heavy (non-hydrogen) atoms. The smallest absolute Gasteiger partial charge is 0.255 e. The van der Waals surface area contributed by atoms with Gasteiger partial charge in [-0.15, -0.1) is 0 Å². The molecule has 1 aromatic rings. The maximum Gasteiger partial charge on any atom is 0.255 e. The Bertz CT molecular complexity index is 625. The zero-order valence-electron chi connectivity index (χ0n) is 13.1. The van der Waals surface area contributed by atoms with Gasteiger partial charge in [-0.2, -0.15) is 0 Å². The molecule has 2 rings (SSSR count). The van der Waals surface area contributed by atoms with Crippen molar-refractivity contribution in [3.63, 3.8) is 0 Å². The molecule has 1 saturated heterocycles. The molecule has 0 aliphatic carbocycles. The van der Waals surface area contributed by atoms with Crippen LogP contribution in [0.1, 0.15) is 37.0 Å². The van der Waals surface area contributed by atoms with E-state index >= 15 is 0 Å². The zero-order chi connectivity index (χ0) is 16.2. The van der Waals surface area contributed by atoms with Crippen LogP contribution in [0.5, 0.6) is 0 Å². The van der Waals surface area contributed by atoms with Crippen molar-refractivity contribution in [2.45, 2.75) is 32.7 Å². The van der Waals surface area contributed by atoms with Crippen LogP contribution >= 0.6 is 0 Å². The van der Waals surface area contributed by atoms with Crippen molar-refractivity contribution in [3.8, 4) is 0 Å². The number of sulfone groups is 1. The molecule has 1 amide bonds. The van der Waals surface area contributed by atoms with Gasteiger partial charge in [-0.3, -0.25) is 4.79 Å². The van der Waals surface area contributed by atoms with Crippen LogP contribution in [0.2, 0.25) is 0 Å². The van der Waals surface area contributed by atoms with E-state index in [1.54, 1.807) is 32.2 Å². The lowest BCUT2D eigenvalue weighted by Gasteiger charge is -2.20. The summed E-state index contributed by atoms with van der Waals surface area (Å²) in [4.78, 5) is 18.9. The van der Waals surface area contributed by atoms with E-state index in [-0.39, 0.29) is 17.4 Å². The number of carbonyl (C=O) groups excluding carboxylic acids is 1. The Kier molecular flexibility index (Phi) is 5.39. The minimum atomic E-state index is -3.11. The van der Waals surface area contributed by atoms with Crippen LogP contribution in [0.3, 0.4) is 0 Å². The number of hydrogen-bond acceptors (Lipinski definition) is 5. The molecule has 122 valence electrons. The molecule has 0 bridgehead atoms. The van der Waals surface area contributed by atoms with Gasteiger partial charge in [-0.1, -0.05) is 6.92 Å². The predicted octanol–water partition coefficient (Wildman–Crippen LogP) is 1.23. The summed E-state index contributed by atoms with van der Waals surface area (Å²) in [6, 6.07) is 3.03. The molecular weight excluding hydrogens is 302 g/mol. The van der Waals surface area contributed by atoms with Crippen LogP contribution in [0.25, 0.3) is 0 Å². The van der Waals surface area contributed by atoms with E-state index in [9.17, 15) is 13.2 Å². The van der Waals surface area contributed by atoms with Gasteiger partial charge < -0.3 is 10.2 Å². The van der Waals surface area contributed by atoms with E-state index in [1.807, 2.05) is 0 Å². The topological polar surface area (TPSA) is 79.4 Å². The van der Waals surface area contributed by atoms with Crippen molar-refractivity contribution in [1.29, 1.82) is 0 Å². The van der Waals surface area contributed by atoms with Crippen molar-refractivity contribution in [1.82, 2.24) is 10.3 Å². The standard InChI is InChI=1S/C15H23N3O3S/c1-3-22(20,21)11-12(2)17-15(19)13-7-6-8-16-14(13)18-9-4-5-10-18/h6-8,12H,3-5,9-11H2,1-2H3,(H,17,19). The highest BCUT2D eigenvalue weighted by atomic mass is 32.2. The lowest BCUT2D eigenvalue weighted by Crippen LogP contribution is -2.38. The van der Waals surface area contributed by atoms with Crippen molar-refractivity contribution in [2.75, 3.05) is 29.5 Å². The third-order valence-electron chi connectivity index (χ3n) is 3.76. The molecule has 0 spiro atoms. The van der Waals surface area contributed by atoms with E-state index in [1.165, 1.54) is 0 Å². The fourth-order valence-electron chi connectivity index (χ4n) is 2.60. The molecule has 1 aliphatic rings. The van der Waals surface area contributed by atoms with Crippen LogP contribution in [0.15, 0.2) is 18.3 Å². The number of aromatic nitrogens is 1. The molecule has 6 nitrogen and oxygen atoms in total. The Balaban J connectivity index is 2.09. The first kappa shape index (κ1) is 16.7. The normalized spacial score (nSPS) is 16.5. The number of nitrogens with one attached hydrogen (secondary N) is 1. The Labute approximate surface area is 131 Å². The summed E-state index contributed by atoms with van der Waals surface area (Å²) in [5, 5.41) is 2.77. The van der Waals surface area contributed by atoms with Crippen molar-refractivity contribution in [3.05, 3.63) is 23.9 Å². The quantitative estimate of drug-likeness (QED) is 0.851. The fraction of sp³-hybridized carbons (Fsp3) is 0.600. The van der Waals surface area contributed by atoms with Gasteiger partial charge in [0, 0.05) is 31.1 Å². The predicted molar refractivity (Wildman–Crippen MR) is 86.9 cm³/mol. The number of rotatable bonds is 6. The molecule has 1 aromatic heterocycles. The molecular formula is C15H23N3O3S. The minimum absolute atomic E-state index is 0.0471. The average molecular weight is 325 g/mol. The van der Waals surface area contributed by atoms with Crippen LogP contribution in [-0.4, -0.2) is 49.9 Å². The van der Waals surface area contributed by atoms with E-state index < -0.39 is 15.9 Å². The van der Waals surface area contributed by atoms with Crippen molar-refractivity contribution in [2.24, 2.45) is 0 Å². The number of hydrogen-bond donors (Lipinski definition) is 1. The first-order chi connectivity index (χ1) is 10.4. The summed E-state index contributed by atoms with van der Waals surface area (Å²) in [5.41, 5.74) is 0.505. The first-order valence-corrected chi connectivity index (χ1v) is 9.46. The Morgan fingerprint density at radius 2 is 2.09 bits per heavy atom. The molecule has 1 fully saturated rings. The van der Waals surface area contributed by atoms with Crippen LogP contribution < -0.4 is 10.2 Å². The molecule has 1 N–H and O–H groups in total. The van der Waals surface area contributed by atoms with Gasteiger partial charge >= 0.3 is 0 Å². The van der Waals surface area contributed by atoms with Gasteiger partial charge in [-0.05, 0) is 31.9 Å². The maximum atomic E-state index is 12.4. The van der Waals surface area contributed by atoms with Gasteiger partial charge in [0.1, 0.15) is 5.82 Å². The number of amides is 1. The van der Waals surface area contributed by atoms with Gasteiger partial charge in [0.25, 0.3) is 5.91 Å². The largest absolute Gasteiger partial charge is 0.356 e. The number of carbonyl (C=O) groups is 1. The van der Waals surface area contributed by atoms with E-state index in [0.717, 1.165) is 25.9 Å². The number of anilines is 1. The lowest BCUT2D eigenvalue weighted by molar-refractivity contribution is 0.0944. The summed E-state index contributed by atoms with van der Waals surface area (Å²) in [6.07, 6.45) is 3.88. The minimum Gasteiger partial charge on any atom is -0.356 e. The van der Waals surface area contributed by atoms with E-state index in [0.29, 0.717) is 11.4 Å². The molecule has 0 radical (unpaired) electrons. The Hall–Kier alpha value is -1.63. The summed E-state index contributed by atoms with van der Waals surface area (Å²) in [6.45, 7) is 5.11. The Morgan fingerprint density at radius 3 is 2.73 bits per heavy atom. The lowest BCUT2D eigenvalue weighted by atomic mass is 10.2. The molecule has 0 saturated carbocycles. The third kappa shape index (κ3) is 4.19. The van der Waals surface area contributed by atoms with Crippen LogP contribution in [0.4, 0.5) is 5.82 Å². The molecule has 7 heteroatoms. The molecule has 1 atom stereocenters. The summed E-state index contributed by atoms with van der Waals surface area (Å²) < 4.78 is 23.3. The van der Waals surface area contributed by atoms with E-state index in [2.05, 4.69) is 15.2 Å². The molecule has 2 heterocycles. The van der Waals surface area contributed by atoms with E-state index in [4.69, 9.17) is 0 Å². The van der Waals surface area contributed by atoms with Crippen molar-refractivity contribution < 1.29 is 13.2 Å². The van der Waals surface area contributed by atoms with Crippen molar-refractivity contribution >= 4 is 21.6 Å². The second-order valence-electron chi connectivity index (χ2n) is 5.64. The van der Waals surface area contributed by atoms with Gasteiger partial charge in [0.15, 0.2) is 9.84 Å². The van der Waals surface area contributed by atoms with Crippen LogP contribution in [0, 0.1) is 0 Å².